The zero-order chi connectivity index (χ0) is 11.4. The topological polar surface area (TPSA) is 32.6 Å². The van der Waals surface area contributed by atoms with Gasteiger partial charge in [-0.1, -0.05) is 28.5 Å². The first-order chi connectivity index (χ1) is 7.06. The quantitative estimate of drug-likeness (QED) is 0.322. The van der Waals surface area contributed by atoms with E-state index < -0.39 is 0 Å². The van der Waals surface area contributed by atoms with E-state index in [0.717, 1.165) is 18.6 Å². The summed E-state index contributed by atoms with van der Waals surface area (Å²) >= 11 is 0. The van der Waals surface area contributed by atoms with E-state index in [0.29, 0.717) is 5.92 Å². The number of allylic oxidation sites excluding steroid dienone is 3. The first-order valence-corrected chi connectivity index (χ1v) is 5.57. The van der Waals surface area contributed by atoms with Crippen molar-refractivity contribution in [2.45, 2.75) is 46.5 Å². The highest BCUT2D eigenvalue weighted by Crippen LogP contribution is 2.38. The summed E-state index contributed by atoms with van der Waals surface area (Å²) in [6.45, 7) is 10.2. The van der Waals surface area contributed by atoms with Gasteiger partial charge in [-0.15, -0.1) is 0 Å². The molecular formula is C13H21NO. The molecule has 0 spiro atoms. The predicted molar refractivity (Wildman–Crippen MR) is 64.4 cm³/mol. The fraction of sp³-hybridized carbons (Fsp3) is 0.615. The Hall–Kier alpha value is -1.05. The van der Waals surface area contributed by atoms with Crippen molar-refractivity contribution in [3.8, 4) is 0 Å². The third-order valence-corrected chi connectivity index (χ3v) is 3.30. The SMILES string of the molecule is C=C(C)C1CCC(C)=C1CCC(C)=NO. The van der Waals surface area contributed by atoms with Gasteiger partial charge in [0.05, 0.1) is 5.71 Å². The van der Waals surface area contributed by atoms with E-state index in [4.69, 9.17) is 5.21 Å². The van der Waals surface area contributed by atoms with Gasteiger partial charge in [0.2, 0.25) is 0 Å². The van der Waals surface area contributed by atoms with Gasteiger partial charge in [-0.3, -0.25) is 0 Å². The van der Waals surface area contributed by atoms with E-state index in [9.17, 15) is 0 Å². The molecule has 0 aromatic rings. The number of nitrogens with zero attached hydrogens (tertiary/aromatic N) is 1. The molecule has 1 N–H and O–H groups in total. The fourth-order valence-electron chi connectivity index (χ4n) is 2.29. The van der Waals surface area contributed by atoms with E-state index in [1.54, 1.807) is 0 Å². The Bertz CT molecular complexity index is 312. The Morgan fingerprint density at radius 2 is 2.20 bits per heavy atom. The second-order valence-corrected chi connectivity index (χ2v) is 4.58. The molecule has 0 radical (unpaired) electrons. The van der Waals surface area contributed by atoms with Gasteiger partial charge in [0, 0.05) is 5.92 Å². The van der Waals surface area contributed by atoms with Crippen LogP contribution in [0.5, 0.6) is 0 Å². The Labute approximate surface area is 92.4 Å². The zero-order valence-electron chi connectivity index (χ0n) is 10.0. The Balaban J connectivity index is 2.65. The van der Waals surface area contributed by atoms with Gasteiger partial charge in [0.15, 0.2) is 0 Å². The number of rotatable bonds is 4. The molecule has 0 saturated heterocycles. The van der Waals surface area contributed by atoms with Crippen LogP contribution in [0.3, 0.4) is 0 Å². The Morgan fingerprint density at radius 1 is 1.53 bits per heavy atom. The molecule has 0 bridgehead atoms. The van der Waals surface area contributed by atoms with E-state index in [1.165, 1.54) is 29.6 Å². The minimum absolute atomic E-state index is 0.566. The fourth-order valence-corrected chi connectivity index (χ4v) is 2.29. The lowest BCUT2D eigenvalue weighted by Gasteiger charge is -2.15. The molecule has 0 saturated carbocycles. The van der Waals surface area contributed by atoms with E-state index in [-0.39, 0.29) is 0 Å². The van der Waals surface area contributed by atoms with Crippen LogP contribution in [0, 0.1) is 5.92 Å². The molecule has 1 atom stereocenters. The molecule has 2 nitrogen and oxygen atoms in total. The summed E-state index contributed by atoms with van der Waals surface area (Å²) in [5.41, 5.74) is 5.10. The first-order valence-electron chi connectivity index (χ1n) is 5.57. The molecular weight excluding hydrogens is 186 g/mol. The molecule has 15 heavy (non-hydrogen) atoms. The average Bonchev–Trinajstić information content (AvgIpc) is 2.56. The van der Waals surface area contributed by atoms with Crippen LogP contribution in [0.15, 0.2) is 28.5 Å². The lowest BCUT2D eigenvalue weighted by molar-refractivity contribution is 0.317. The van der Waals surface area contributed by atoms with Crippen molar-refractivity contribution in [1.82, 2.24) is 0 Å². The van der Waals surface area contributed by atoms with Gasteiger partial charge in [-0.05, 0) is 46.5 Å². The van der Waals surface area contributed by atoms with Crippen LogP contribution in [0.2, 0.25) is 0 Å². The highest BCUT2D eigenvalue weighted by Gasteiger charge is 2.23. The van der Waals surface area contributed by atoms with Crippen molar-refractivity contribution in [2.75, 3.05) is 0 Å². The molecule has 1 aliphatic rings. The van der Waals surface area contributed by atoms with Crippen LogP contribution >= 0.6 is 0 Å². The summed E-state index contributed by atoms with van der Waals surface area (Å²) in [6, 6.07) is 0. The summed E-state index contributed by atoms with van der Waals surface area (Å²) < 4.78 is 0. The monoisotopic (exact) mass is 207 g/mol. The standard InChI is InChI=1S/C13H21NO/c1-9(2)12-7-5-10(3)13(12)8-6-11(4)14-15/h12,15H,1,5-8H2,2-4H3. The normalized spacial score (nSPS) is 22.3. The second kappa shape index (κ2) is 5.15. The first kappa shape index (κ1) is 12.0. The number of hydrogen-bond donors (Lipinski definition) is 1. The average molecular weight is 207 g/mol. The van der Waals surface area contributed by atoms with Crippen molar-refractivity contribution in [3.63, 3.8) is 0 Å². The molecule has 1 rings (SSSR count). The van der Waals surface area contributed by atoms with Gasteiger partial charge in [-0.25, -0.2) is 0 Å². The number of hydrogen-bond acceptors (Lipinski definition) is 2. The minimum atomic E-state index is 0.566. The summed E-state index contributed by atoms with van der Waals surface area (Å²) in [6.07, 6.45) is 4.28. The van der Waals surface area contributed by atoms with Crippen LogP contribution in [0.4, 0.5) is 0 Å². The molecule has 0 aromatic heterocycles. The lowest BCUT2D eigenvalue weighted by Crippen LogP contribution is -2.03. The molecule has 84 valence electrons. The molecule has 0 heterocycles. The highest BCUT2D eigenvalue weighted by atomic mass is 16.4. The van der Waals surface area contributed by atoms with E-state index >= 15 is 0 Å². The van der Waals surface area contributed by atoms with Gasteiger partial charge >= 0.3 is 0 Å². The molecule has 0 amide bonds. The lowest BCUT2D eigenvalue weighted by atomic mass is 9.90. The molecule has 2 heteroatoms. The molecule has 1 unspecified atom stereocenters. The summed E-state index contributed by atoms with van der Waals surface area (Å²) in [4.78, 5) is 0. The van der Waals surface area contributed by atoms with E-state index in [1.807, 2.05) is 6.92 Å². The predicted octanol–water partition coefficient (Wildman–Crippen LogP) is 3.92. The second-order valence-electron chi connectivity index (χ2n) is 4.58. The van der Waals surface area contributed by atoms with Crippen LogP contribution in [-0.2, 0) is 0 Å². The van der Waals surface area contributed by atoms with Crippen molar-refractivity contribution in [3.05, 3.63) is 23.3 Å². The summed E-state index contributed by atoms with van der Waals surface area (Å²) in [7, 11) is 0. The van der Waals surface area contributed by atoms with Crippen molar-refractivity contribution in [1.29, 1.82) is 0 Å². The summed E-state index contributed by atoms with van der Waals surface area (Å²) in [5.74, 6) is 0.566. The molecule has 0 fully saturated rings. The van der Waals surface area contributed by atoms with Crippen molar-refractivity contribution in [2.24, 2.45) is 11.1 Å². The molecule has 0 aliphatic heterocycles. The highest BCUT2D eigenvalue weighted by molar-refractivity contribution is 5.81. The number of oxime groups is 1. The Kier molecular flexibility index (Phi) is 4.13. The largest absolute Gasteiger partial charge is 0.411 e. The smallest absolute Gasteiger partial charge is 0.0543 e. The Morgan fingerprint density at radius 3 is 2.73 bits per heavy atom. The van der Waals surface area contributed by atoms with Crippen molar-refractivity contribution >= 4 is 5.71 Å². The zero-order valence-corrected chi connectivity index (χ0v) is 10.0. The third-order valence-electron chi connectivity index (χ3n) is 3.30. The maximum absolute atomic E-state index is 8.60. The van der Waals surface area contributed by atoms with Crippen LogP contribution < -0.4 is 0 Å². The van der Waals surface area contributed by atoms with E-state index in [2.05, 4.69) is 25.6 Å². The van der Waals surface area contributed by atoms with Crippen LogP contribution in [-0.4, -0.2) is 10.9 Å². The molecule has 0 aromatic carbocycles. The van der Waals surface area contributed by atoms with Gasteiger partial charge < -0.3 is 5.21 Å². The van der Waals surface area contributed by atoms with Gasteiger partial charge in [0.25, 0.3) is 0 Å². The third kappa shape index (κ3) is 2.95. The maximum Gasteiger partial charge on any atom is 0.0543 e. The van der Waals surface area contributed by atoms with Crippen LogP contribution in [0.25, 0.3) is 0 Å². The summed E-state index contributed by atoms with van der Waals surface area (Å²) in [5, 5.41) is 11.8. The van der Waals surface area contributed by atoms with Crippen LogP contribution in [0.1, 0.15) is 46.5 Å². The minimum Gasteiger partial charge on any atom is -0.411 e. The van der Waals surface area contributed by atoms with Gasteiger partial charge in [0.1, 0.15) is 0 Å². The maximum atomic E-state index is 8.60. The van der Waals surface area contributed by atoms with Gasteiger partial charge in [-0.2, -0.15) is 0 Å². The molecule has 1 aliphatic carbocycles. The van der Waals surface area contributed by atoms with Crippen molar-refractivity contribution < 1.29 is 5.21 Å².